The van der Waals surface area contributed by atoms with E-state index in [-0.39, 0.29) is 5.91 Å². The third kappa shape index (κ3) is 5.71. The number of hydrogen-bond donors (Lipinski definition) is 2. The highest BCUT2D eigenvalue weighted by atomic mass is 16.5. The minimum atomic E-state index is -0.412. The van der Waals surface area contributed by atoms with Crippen molar-refractivity contribution in [3.8, 4) is 11.1 Å². The number of anilines is 1. The molecule has 31 heavy (non-hydrogen) atoms. The molecule has 1 fully saturated rings. The highest BCUT2D eigenvalue weighted by Gasteiger charge is 2.10. The largest absolute Gasteiger partial charge is 0.379 e. The monoisotopic (exact) mass is 417 g/mol. The number of H-pyrrole nitrogens is 1. The Kier molecular flexibility index (Phi) is 6.61. The van der Waals surface area contributed by atoms with Crippen LogP contribution in [0.5, 0.6) is 0 Å². The van der Waals surface area contributed by atoms with Crippen LogP contribution in [0.4, 0.5) is 5.69 Å². The van der Waals surface area contributed by atoms with Crippen LogP contribution in [0.15, 0.2) is 66.0 Å². The second-order valence-corrected chi connectivity index (χ2v) is 7.18. The van der Waals surface area contributed by atoms with E-state index in [1.807, 2.05) is 24.3 Å². The zero-order valence-electron chi connectivity index (χ0n) is 17.0. The van der Waals surface area contributed by atoms with Crippen molar-refractivity contribution in [1.82, 2.24) is 19.9 Å². The molecule has 1 amide bonds. The zero-order valence-corrected chi connectivity index (χ0v) is 17.0. The Hall–Kier alpha value is -3.62. The SMILES string of the molecule is O=C(/C=C/c1cnccc1-c1cnc(=O)[nH]c1)Nc1ccc(CN2CCOCC2)cc1. The minimum Gasteiger partial charge on any atom is -0.379 e. The van der Waals surface area contributed by atoms with E-state index >= 15 is 0 Å². The number of amides is 1. The van der Waals surface area contributed by atoms with Crippen LogP contribution in [0.25, 0.3) is 17.2 Å². The molecule has 3 heterocycles. The van der Waals surface area contributed by atoms with Gasteiger partial charge in [0, 0.05) is 67.3 Å². The van der Waals surface area contributed by atoms with Crippen molar-refractivity contribution in [2.45, 2.75) is 6.54 Å². The molecule has 0 radical (unpaired) electrons. The Balaban J connectivity index is 1.39. The topological polar surface area (TPSA) is 100 Å². The number of benzene rings is 1. The van der Waals surface area contributed by atoms with E-state index in [4.69, 9.17) is 4.74 Å². The number of carbonyl (C=O) groups excluding carboxylic acids is 1. The second kappa shape index (κ2) is 9.92. The lowest BCUT2D eigenvalue weighted by atomic mass is 10.0. The molecule has 8 heteroatoms. The van der Waals surface area contributed by atoms with Crippen molar-refractivity contribution in [3.63, 3.8) is 0 Å². The third-order valence-corrected chi connectivity index (χ3v) is 4.98. The second-order valence-electron chi connectivity index (χ2n) is 7.18. The van der Waals surface area contributed by atoms with Gasteiger partial charge in [0.15, 0.2) is 0 Å². The van der Waals surface area contributed by atoms with Crippen LogP contribution in [0.3, 0.4) is 0 Å². The highest BCUT2D eigenvalue weighted by molar-refractivity contribution is 6.02. The molecule has 2 N–H and O–H groups in total. The summed E-state index contributed by atoms with van der Waals surface area (Å²) in [6.45, 7) is 4.31. The Bertz CT molecular complexity index is 1100. The van der Waals surface area contributed by atoms with Gasteiger partial charge in [-0.2, -0.15) is 0 Å². The summed E-state index contributed by atoms with van der Waals surface area (Å²) in [7, 11) is 0. The van der Waals surface area contributed by atoms with Crippen molar-refractivity contribution in [1.29, 1.82) is 0 Å². The summed E-state index contributed by atoms with van der Waals surface area (Å²) >= 11 is 0. The van der Waals surface area contributed by atoms with Crippen LogP contribution in [0.1, 0.15) is 11.1 Å². The van der Waals surface area contributed by atoms with Gasteiger partial charge in [0.1, 0.15) is 0 Å². The molecular formula is C23H23N5O3. The molecule has 0 saturated carbocycles. The molecule has 0 spiro atoms. The van der Waals surface area contributed by atoms with Gasteiger partial charge in [-0.3, -0.25) is 14.7 Å². The lowest BCUT2D eigenvalue weighted by molar-refractivity contribution is -0.111. The Morgan fingerprint density at radius 2 is 1.97 bits per heavy atom. The molecule has 3 aromatic rings. The fourth-order valence-electron chi connectivity index (χ4n) is 3.35. The van der Waals surface area contributed by atoms with Gasteiger partial charge >= 0.3 is 5.69 Å². The average Bonchev–Trinajstić information content (AvgIpc) is 2.80. The lowest BCUT2D eigenvalue weighted by Crippen LogP contribution is -2.35. The molecule has 1 aliphatic heterocycles. The summed E-state index contributed by atoms with van der Waals surface area (Å²) in [6.07, 6.45) is 9.53. The van der Waals surface area contributed by atoms with Gasteiger partial charge in [-0.1, -0.05) is 12.1 Å². The third-order valence-electron chi connectivity index (χ3n) is 4.98. The van der Waals surface area contributed by atoms with E-state index in [9.17, 15) is 9.59 Å². The number of morpholine rings is 1. The maximum absolute atomic E-state index is 12.4. The zero-order chi connectivity index (χ0) is 21.5. The van der Waals surface area contributed by atoms with E-state index in [2.05, 4.69) is 25.2 Å². The number of hydrogen-bond acceptors (Lipinski definition) is 6. The molecule has 0 aliphatic carbocycles. The molecular weight excluding hydrogens is 394 g/mol. The molecule has 8 nitrogen and oxygen atoms in total. The van der Waals surface area contributed by atoms with Crippen molar-refractivity contribution in [3.05, 3.63) is 82.8 Å². The molecule has 0 bridgehead atoms. The van der Waals surface area contributed by atoms with Crippen molar-refractivity contribution >= 4 is 17.7 Å². The number of rotatable bonds is 6. The summed E-state index contributed by atoms with van der Waals surface area (Å²) in [5, 5.41) is 2.87. The maximum Gasteiger partial charge on any atom is 0.344 e. The number of carbonyl (C=O) groups is 1. The molecule has 158 valence electrons. The number of aromatic amines is 1. The number of nitrogens with zero attached hydrogens (tertiary/aromatic N) is 3. The molecule has 2 aromatic heterocycles. The first-order chi connectivity index (χ1) is 15.2. The standard InChI is InChI=1S/C23H23N5O3/c29-22(27-20-4-1-17(2-5-20)16-28-9-11-31-12-10-28)6-3-18-13-24-8-7-21(18)19-14-25-23(30)26-15-19/h1-8,13-15H,9-12,16H2,(H,27,29)(H,25,26,30)/b6-3+. The van der Waals surface area contributed by atoms with Crippen LogP contribution in [-0.2, 0) is 16.1 Å². The predicted molar refractivity (Wildman–Crippen MR) is 118 cm³/mol. The van der Waals surface area contributed by atoms with E-state index in [0.29, 0.717) is 0 Å². The molecule has 1 saturated heterocycles. The van der Waals surface area contributed by atoms with Gasteiger partial charge in [-0.25, -0.2) is 9.78 Å². The molecule has 0 unspecified atom stereocenters. The van der Waals surface area contributed by atoms with E-state index in [1.165, 1.54) is 17.8 Å². The van der Waals surface area contributed by atoms with Crippen LogP contribution in [0.2, 0.25) is 0 Å². The van der Waals surface area contributed by atoms with Crippen molar-refractivity contribution in [2.24, 2.45) is 0 Å². The number of ether oxygens (including phenoxy) is 1. The number of nitrogens with one attached hydrogen (secondary N) is 2. The quantitative estimate of drug-likeness (QED) is 0.597. The molecule has 4 rings (SSSR count). The highest BCUT2D eigenvalue weighted by Crippen LogP contribution is 2.22. The van der Waals surface area contributed by atoms with E-state index < -0.39 is 5.69 Å². The normalized spacial score (nSPS) is 14.6. The van der Waals surface area contributed by atoms with Gasteiger partial charge < -0.3 is 15.0 Å². The average molecular weight is 417 g/mol. The summed E-state index contributed by atoms with van der Waals surface area (Å²) in [5.74, 6) is -0.240. The van der Waals surface area contributed by atoms with Crippen molar-refractivity contribution in [2.75, 3.05) is 31.6 Å². The lowest BCUT2D eigenvalue weighted by Gasteiger charge is -2.26. The number of aromatic nitrogens is 3. The smallest absolute Gasteiger partial charge is 0.344 e. The molecule has 1 aromatic carbocycles. The summed E-state index contributed by atoms with van der Waals surface area (Å²) in [4.78, 5) is 36.3. The summed E-state index contributed by atoms with van der Waals surface area (Å²) < 4.78 is 5.38. The van der Waals surface area contributed by atoms with E-state index in [0.717, 1.165) is 55.2 Å². The Labute approximate surface area is 179 Å². The first-order valence-electron chi connectivity index (χ1n) is 10.0. The number of pyridine rings is 1. The molecule has 1 aliphatic rings. The minimum absolute atomic E-state index is 0.240. The van der Waals surface area contributed by atoms with Gasteiger partial charge in [-0.05, 0) is 35.4 Å². The Morgan fingerprint density at radius 3 is 2.71 bits per heavy atom. The Morgan fingerprint density at radius 1 is 1.16 bits per heavy atom. The fraction of sp³-hybridized carbons (Fsp3) is 0.217. The molecule has 0 atom stereocenters. The maximum atomic E-state index is 12.4. The van der Waals surface area contributed by atoms with Gasteiger partial charge in [0.25, 0.3) is 0 Å². The van der Waals surface area contributed by atoms with Crippen LogP contribution in [-0.4, -0.2) is 52.1 Å². The van der Waals surface area contributed by atoms with Crippen molar-refractivity contribution < 1.29 is 9.53 Å². The van der Waals surface area contributed by atoms with Gasteiger partial charge in [0.05, 0.1) is 13.2 Å². The summed E-state index contributed by atoms with van der Waals surface area (Å²) in [6, 6.07) is 9.67. The van der Waals surface area contributed by atoms with Crippen LogP contribution >= 0.6 is 0 Å². The van der Waals surface area contributed by atoms with E-state index in [1.54, 1.807) is 30.7 Å². The predicted octanol–water partition coefficient (Wildman–Crippen LogP) is 2.32. The van der Waals surface area contributed by atoms with Crippen LogP contribution < -0.4 is 11.0 Å². The fourth-order valence-corrected chi connectivity index (χ4v) is 3.35. The van der Waals surface area contributed by atoms with Gasteiger partial charge in [-0.15, -0.1) is 0 Å². The van der Waals surface area contributed by atoms with Crippen LogP contribution in [0, 0.1) is 0 Å². The summed E-state index contributed by atoms with van der Waals surface area (Å²) in [5.41, 5.74) is 3.81. The first-order valence-corrected chi connectivity index (χ1v) is 10.0. The first kappa shape index (κ1) is 20.6. The van der Waals surface area contributed by atoms with Gasteiger partial charge in [0.2, 0.25) is 5.91 Å².